The standard InChI is InChI=1S/C15H15N5O3/c21-6-2-5-16-14-12-8-13(19-15(12)18-9-17-14)10-3-1-4-11(7-10)20(22)23/h1,3-4,7-9,21H,2,5-6H2,(H2,16,17,18,19). The number of hydrogen-bond donors (Lipinski definition) is 3. The molecule has 0 unspecified atom stereocenters. The van der Waals surface area contributed by atoms with Crippen molar-refractivity contribution in [3.8, 4) is 11.3 Å². The molecule has 118 valence electrons. The van der Waals surface area contributed by atoms with Crippen molar-refractivity contribution in [1.82, 2.24) is 15.0 Å². The van der Waals surface area contributed by atoms with E-state index in [0.717, 1.165) is 11.1 Å². The highest BCUT2D eigenvalue weighted by Crippen LogP contribution is 2.28. The van der Waals surface area contributed by atoms with E-state index in [9.17, 15) is 10.1 Å². The van der Waals surface area contributed by atoms with Crippen molar-refractivity contribution in [2.45, 2.75) is 6.42 Å². The maximum absolute atomic E-state index is 10.9. The number of nitrogens with one attached hydrogen (secondary N) is 2. The molecule has 0 spiro atoms. The Hall–Kier alpha value is -3.00. The summed E-state index contributed by atoms with van der Waals surface area (Å²) in [6.07, 6.45) is 2.06. The molecule has 8 heteroatoms. The summed E-state index contributed by atoms with van der Waals surface area (Å²) in [5.41, 5.74) is 2.12. The summed E-state index contributed by atoms with van der Waals surface area (Å²) < 4.78 is 0. The Labute approximate surface area is 131 Å². The van der Waals surface area contributed by atoms with Gasteiger partial charge in [0.05, 0.1) is 10.3 Å². The van der Waals surface area contributed by atoms with Gasteiger partial charge in [-0.05, 0) is 12.5 Å². The van der Waals surface area contributed by atoms with Crippen LogP contribution in [0.1, 0.15) is 6.42 Å². The van der Waals surface area contributed by atoms with Crippen LogP contribution < -0.4 is 5.32 Å². The van der Waals surface area contributed by atoms with E-state index in [2.05, 4.69) is 20.3 Å². The molecule has 0 aliphatic rings. The number of H-pyrrole nitrogens is 1. The van der Waals surface area contributed by atoms with E-state index in [4.69, 9.17) is 5.11 Å². The third-order valence-corrected chi connectivity index (χ3v) is 3.42. The fourth-order valence-electron chi connectivity index (χ4n) is 2.31. The zero-order chi connectivity index (χ0) is 16.2. The lowest BCUT2D eigenvalue weighted by atomic mass is 10.1. The van der Waals surface area contributed by atoms with Crippen LogP contribution in [0.5, 0.6) is 0 Å². The molecule has 0 atom stereocenters. The molecule has 1 aromatic carbocycles. The van der Waals surface area contributed by atoms with Crippen LogP contribution >= 0.6 is 0 Å². The third-order valence-electron chi connectivity index (χ3n) is 3.42. The van der Waals surface area contributed by atoms with E-state index in [1.807, 2.05) is 6.07 Å². The summed E-state index contributed by atoms with van der Waals surface area (Å²) in [5, 5.41) is 23.7. The number of nitrogens with zero attached hydrogens (tertiary/aromatic N) is 3. The lowest BCUT2D eigenvalue weighted by molar-refractivity contribution is -0.384. The van der Waals surface area contributed by atoms with Crippen molar-refractivity contribution in [1.29, 1.82) is 0 Å². The lowest BCUT2D eigenvalue weighted by Gasteiger charge is -2.04. The van der Waals surface area contributed by atoms with Gasteiger partial charge in [-0.25, -0.2) is 9.97 Å². The Morgan fingerprint density at radius 1 is 1.30 bits per heavy atom. The van der Waals surface area contributed by atoms with Gasteiger partial charge in [0.2, 0.25) is 0 Å². The fraction of sp³-hybridized carbons (Fsp3) is 0.200. The molecule has 8 nitrogen and oxygen atoms in total. The number of aromatic nitrogens is 3. The first-order valence-corrected chi connectivity index (χ1v) is 7.12. The molecule has 2 aromatic heterocycles. The van der Waals surface area contributed by atoms with Crippen molar-refractivity contribution in [2.24, 2.45) is 0 Å². The highest BCUT2D eigenvalue weighted by atomic mass is 16.6. The predicted molar refractivity (Wildman–Crippen MR) is 86.2 cm³/mol. The number of nitro groups is 1. The number of rotatable bonds is 6. The molecule has 0 aliphatic carbocycles. The number of aliphatic hydroxyl groups is 1. The molecule has 3 aromatic rings. The normalized spacial score (nSPS) is 10.8. The van der Waals surface area contributed by atoms with E-state index in [1.54, 1.807) is 12.1 Å². The van der Waals surface area contributed by atoms with E-state index in [-0.39, 0.29) is 12.3 Å². The first kappa shape index (κ1) is 14.9. The summed E-state index contributed by atoms with van der Waals surface area (Å²) in [5.74, 6) is 0.663. The topological polar surface area (TPSA) is 117 Å². The number of aromatic amines is 1. The molecule has 0 aliphatic heterocycles. The zero-order valence-electron chi connectivity index (χ0n) is 12.2. The second-order valence-electron chi connectivity index (χ2n) is 4.98. The van der Waals surface area contributed by atoms with Gasteiger partial charge in [0, 0.05) is 36.5 Å². The number of benzene rings is 1. The van der Waals surface area contributed by atoms with Crippen molar-refractivity contribution in [3.05, 3.63) is 46.8 Å². The molecule has 0 amide bonds. The van der Waals surface area contributed by atoms with Crippen LogP contribution in [0.4, 0.5) is 11.5 Å². The van der Waals surface area contributed by atoms with Gasteiger partial charge >= 0.3 is 0 Å². The average molecular weight is 313 g/mol. The van der Waals surface area contributed by atoms with Crippen LogP contribution in [0.25, 0.3) is 22.3 Å². The molecule has 0 saturated carbocycles. The van der Waals surface area contributed by atoms with Gasteiger partial charge in [-0.1, -0.05) is 12.1 Å². The minimum Gasteiger partial charge on any atom is -0.396 e. The van der Waals surface area contributed by atoms with Crippen molar-refractivity contribution >= 4 is 22.5 Å². The van der Waals surface area contributed by atoms with E-state index < -0.39 is 4.92 Å². The van der Waals surface area contributed by atoms with Crippen LogP contribution in [0.2, 0.25) is 0 Å². The lowest BCUT2D eigenvalue weighted by Crippen LogP contribution is -2.05. The highest BCUT2D eigenvalue weighted by molar-refractivity contribution is 5.91. The van der Waals surface area contributed by atoms with Crippen molar-refractivity contribution in [2.75, 3.05) is 18.5 Å². The Morgan fingerprint density at radius 2 is 2.17 bits per heavy atom. The first-order valence-electron chi connectivity index (χ1n) is 7.12. The van der Waals surface area contributed by atoms with E-state index in [0.29, 0.717) is 30.0 Å². The molecule has 0 saturated heterocycles. The largest absolute Gasteiger partial charge is 0.396 e. The minimum absolute atomic E-state index is 0.0357. The van der Waals surface area contributed by atoms with Gasteiger partial charge < -0.3 is 15.4 Å². The fourth-order valence-corrected chi connectivity index (χ4v) is 2.31. The molecular formula is C15H15N5O3. The number of non-ortho nitro benzene ring substituents is 1. The Kier molecular flexibility index (Phi) is 4.15. The average Bonchev–Trinajstić information content (AvgIpc) is 3.00. The molecule has 0 fully saturated rings. The number of fused-ring (bicyclic) bond motifs is 1. The molecule has 0 radical (unpaired) electrons. The number of anilines is 1. The maximum Gasteiger partial charge on any atom is 0.270 e. The first-order chi connectivity index (χ1) is 11.2. The van der Waals surface area contributed by atoms with E-state index in [1.165, 1.54) is 18.5 Å². The van der Waals surface area contributed by atoms with Gasteiger partial charge in [-0.15, -0.1) is 0 Å². The van der Waals surface area contributed by atoms with Crippen LogP contribution in [0.15, 0.2) is 36.7 Å². The second kappa shape index (κ2) is 6.41. The Bertz CT molecular complexity index is 846. The van der Waals surface area contributed by atoms with Crippen LogP contribution in [0, 0.1) is 10.1 Å². The van der Waals surface area contributed by atoms with Gasteiger partial charge in [0.1, 0.15) is 17.8 Å². The van der Waals surface area contributed by atoms with Gasteiger partial charge in [-0.2, -0.15) is 0 Å². The van der Waals surface area contributed by atoms with Gasteiger partial charge in [0.25, 0.3) is 5.69 Å². The van der Waals surface area contributed by atoms with Crippen molar-refractivity contribution in [3.63, 3.8) is 0 Å². The summed E-state index contributed by atoms with van der Waals surface area (Å²) >= 11 is 0. The van der Waals surface area contributed by atoms with Crippen LogP contribution in [-0.2, 0) is 0 Å². The second-order valence-corrected chi connectivity index (χ2v) is 4.98. The highest BCUT2D eigenvalue weighted by Gasteiger charge is 2.12. The zero-order valence-corrected chi connectivity index (χ0v) is 12.2. The van der Waals surface area contributed by atoms with Gasteiger partial charge in [0.15, 0.2) is 0 Å². The summed E-state index contributed by atoms with van der Waals surface area (Å²) in [6.45, 7) is 0.702. The SMILES string of the molecule is O=[N+]([O-])c1cccc(-c2cc3c(NCCCO)ncnc3[nH]2)c1. The van der Waals surface area contributed by atoms with Crippen LogP contribution in [-0.4, -0.2) is 38.1 Å². The molecular weight excluding hydrogens is 298 g/mol. The van der Waals surface area contributed by atoms with Crippen LogP contribution in [0.3, 0.4) is 0 Å². The monoisotopic (exact) mass is 313 g/mol. The number of hydrogen-bond acceptors (Lipinski definition) is 6. The molecule has 2 heterocycles. The maximum atomic E-state index is 10.9. The van der Waals surface area contributed by atoms with Crippen molar-refractivity contribution < 1.29 is 10.0 Å². The predicted octanol–water partition coefficient (Wildman–Crippen LogP) is 2.33. The molecule has 3 rings (SSSR count). The summed E-state index contributed by atoms with van der Waals surface area (Å²) in [4.78, 5) is 22.0. The quantitative estimate of drug-likeness (QED) is 0.365. The van der Waals surface area contributed by atoms with E-state index >= 15 is 0 Å². The number of nitro benzene ring substituents is 1. The number of aliphatic hydroxyl groups excluding tert-OH is 1. The summed E-state index contributed by atoms with van der Waals surface area (Å²) in [6, 6.07) is 8.26. The van der Waals surface area contributed by atoms with Gasteiger partial charge in [-0.3, -0.25) is 10.1 Å². The Balaban J connectivity index is 1.98. The summed E-state index contributed by atoms with van der Waals surface area (Å²) in [7, 11) is 0. The molecule has 23 heavy (non-hydrogen) atoms. The molecule has 0 bridgehead atoms. The minimum atomic E-state index is -0.423. The molecule has 3 N–H and O–H groups in total. The Morgan fingerprint density at radius 3 is 2.96 bits per heavy atom. The smallest absolute Gasteiger partial charge is 0.270 e. The third kappa shape index (κ3) is 3.11.